The van der Waals surface area contributed by atoms with Crippen molar-refractivity contribution in [3.8, 4) is 0 Å². The minimum absolute atomic E-state index is 0.00339. The van der Waals surface area contributed by atoms with E-state index in [-0.39, 0.29) is 12.1 Å². The van der Waals surface area contributed by atoms with Crippen LogP contribution in [0.15, 0.2) is 29.2 Å². The molecule has 118 valence electrons. The predicted octanol–water partition coefficient (Wildman–Crippen LogP) is 1.81. The van der Waals surface area contributed by atoms with E-state index in [1.54, 1.807) is 18.2 Å². The molecule has 2 atom stereocenters. The first-order valence-electron chi connectivity index (χ1n) is 7.45. The molecule has 2 unspecified atom stereocenters. The van der Waals surface area contributed by atoms with E-state index >= 15 is 0 Å². The molecule has 1 aliphatic rings. The normalized spacial score (nSPS) is 20.6. The molecule has 0 bridgehead atoms. The Hall–Kier alpha value is -0.950. The zero-order valence-electron chi connectivity index (χ0n) is 12.6. The van der Waals surface area contributed by atoms with Gasteiger partial charge in [0.25, 0.3) is 0 Å². The van der Waals surface area contributed by atoms with E-state index in [1.807, 2.05) is 13.1 Å². The highest BCUT2D eigenvalue weighted by molar-refractivity contribution is 7.89. The third-order valence-corrected chi connectivity index (χ3v) is 5.27. The molecule has 5 nitrogen and oxygen atoms in total. The molecular weight excluding hydrogens is 288 g/mol. The van der Waals surface area contributed by atoms with E-state index in [4.69, 9.17) is 4.74 Å². The summed E-state index contributed by atoms with van der Waals surface area (Å²) in [7, 11) is -1.60. The number of ether oxygens (including phenoxy) is 1. The minimum Gasteiger partial charge on any atom is -0.377 e. The van der Waals surface area contributed by atoms with Gasteiger partial charge in [0.1, 0.15) is 0 Å². The van der Waals surface area contributed by atoms with Crippen LogP contribution in [0.1, 0.15) is 37.8 Å². The second-order valence-electron chi connectivity index (χ2n) is 5.31. The fourth-order valence-corrected chi connectivity index (χ4v) is 3.72. The van der Waals surface area contributed by atoms with Gasteiger partial charge in [0.2, 0.25) is 10.0 Å². The van der Waals surface area contributed by atoms with Crippen molar-refractivity contribution < 1.29 is 13.2 Å². The summed E-state index contributed by atoms with van der Waals surface area (Å²) in [5, 5.41) is 3.19. The van der Waals surface area contributed by atoms with Gasteiger partial charge in [0.05, 0.1) is 11.0 Å². The smallest absolute Gasteiger partial charge is 0.240 e. The molecule has 1 heterocycles. The molecule has 0 aromatic heterocycles. The molecule has 1 fully saturated rings. The zero-order valence-corrected chi connectivity index (χ0v) is 13.4. The van der Waals surface area contributed by atoms with Crippen molar-refractivity contribution in [1.82, 2.24) is 10.0 Å². The van der Waals surface area contributed by atoms with Gasteiger partial charge >= 0.3 is 0 Å². The van der Waals surface area contributed by atoms with Crippen LogP contribution in [0.25, 0.3) is 0 Å². The summed E-state index contributed by atoms with van der Waals surface area (Å²) in [4.78, 5) is 0.312. The van der Waals surface area contributed by atoms with Crippen LogP contribution in [0.4, 0.5) is 0 Å². The van der Waals surface area contributed by atoms with Crippen molar-refractivity contribution in [1.29, 1.82) is 0 Å². The van der Waals surface area contributed by atoms with Crippen molar-refractivity contribution >= 4 is 10.0 Å². The lowest BCUT2D eigenvalue weighted by Gasteiger charge is -2.16. The number of sulfonamides is 1. The highest BCUT2D eigenvalue weighted by Gasteiger charge is 2.21. The van der Waals surface area contributed by atoms with Gasteiger partial charge < -0.3 is 10.1 Å². The Bertz CT molecular complexity index is 550. The lowest BCUT2D eigenvalue weighted by atomic mass is 10.1. The monoisotopic (exact) mass is 312 g/mol. The Morgan fingerprint density at radius 2 is 2.24 bits per heavy atom. The van der Waals surface area contributed by atoms with Crippen LogP contribution in [0.3, 0.4) is 0 Å². The van der Waals surface area contributed by atoms with Crippen LogP contribution in [0.2, 0.25) is 0 Å². The zero-order chi connectivity index (χ0) is 15.3. The second kappa shape index (κ2) is 7.35. The Morgan fingerprint density at radius 3 is 2.86 bits per heavy atom. The van der Waals surface area contributed by atoms with E-state index in [2.05, 4.69) is 17.0 Å². The van der Waals surface area contributed by atoms with E-state index in [0.717, 1.165) is 31.4 Å². The van der Waals surface area contributed by atoms with Gasteiger partial charge in [0.15, 0.2) is 0 Å². The topological polar surface area (TPSA) is 67.4 Å². The summed E-state index contributed by atoms with van der Waals surface area (Å²) in [5.41, 5.74) is 0.986. The first kappa shape index (κ1) is 16.4. The summed E-state index contributed by atoms with van der Waals surface area (Å²) in [6, 6.07) is 7.27. The average Bonchev–Trinajstić information content (AvgIpc) is 3.00. The van der Waals surface area contributed by atoms with Crippen LogP contribution in [0.5, 0.6) is 0 Å². The number of rotatable bonds is 7. The number of nitrogens with one attached hydrogen (secondary N) is 2. The van der Waals surface area contributed by atoms with Crippen molar-refractivity contribution in [2.75, 3.05) is 20.2 Å². The summed E-state index contributed by atoms with van der Waals surface area (Å²) in [6.45, 7) is 3.13. The minimum atomic E-state index is -3.48. The molecule has 6 heteroatoms. The molecule has 1 aromatic carbocycles. The molecule has 1 aliphatic heterocycles. The van der Waals surface area contributed by atoms with Crippen LogP contribution < -0.4 is 10.0 Å². The predicted molar refractivity (Wildman–Crippen MR) is 82.7 cm³/mol. The van der Waals surface area contributed by atoms with Crippen molar-refractivity contribution in [3.05, 3.63) is 29.8 Å². The summed E-state index contributed by atoms with van der Waals surface area (Å²) >= 11 is 0. The molecule has 1 saturated heterocycles. The van der Waals surface area contributed by atoms with Crippen LogP contribution in [0, 0.1) is 0 Å². The van der Waals surface area contributed by atoms with Crippen LogP contribution >= 0.6 is 0 Å². The van der Waals surface area contributed by atoms with Gasteiger partial charge in [-0.1, -0.05) is 19.1 Å². The Labute approximate surface area is 127 Å². The maximum Gasteiger partial charge on any atom is 0.240 e. The third-order valence-electron chi connectivity index (χ3n) is 3.85. The van der Waals surface area contributed by atoms with Gasteiger partial charge in [0, 0.05) is 19.2 Å². The van der Waals surface area contributed by atoms with E-state index < -0.39 is 10.0 Å². The van der Waals surface area contributed by atoms with Crippen molar-refractivity contribution in [3.63, 3.8) is 0 Å². The van der Waals surface area contributed by atoms with Gasteiger partial charge in [-0.15, -0.1) is 0 Å². The Morgan fingerprint density at radius 1 is 1.43 bits per heavy atom. The highest BCUT2D eigenvalue weighted by Crippen LogP contribution is 2.20. The largest absolute Gasteiger partial charge is 0.377 e. The molecule has 2 N–H and O–H groups in total. The number of hydrogen-bond donors (Lipinski definition) is 2. The fourth-order valence-electron chi connectivity index (χ4n) is 2.60. The third kappa shape index (κ3) is 4.26. The van der Waals surface area contributed by atoms with E-state index in [0.29, 0.717) is 11.4 Å². The average molecular weight is 312 g/mol. The van der Waals surface area contributed by atoms with Crippen molar-refractivity contribution in [2.24, 2.45) is 0 Å². The molecule has 1 aromatic rings. The first-order valence-corrected chi connectivity index (χ1v) is 8.93. The molecular formula is C15H24N2O3S. The van der Waals surface area contributed by atoms with Gasteiger partial charge in [-0.05, 0) is 44.0 Å². The molecule has 21 heavy (non-hydrogen) atoms. The standard InChI is InChI=1S/C15H24N2O3S/c1-3-15(16-2)12-6-4-8-14(10-12)21(18,19)17-11-13-7-5-9-20-13/h4,6,8,10,13,15-17H,3,5,7,9,11H2,1-2H3. The molecule has 2 rings (SSSR count). The number of hydrogen-bond acceptors (Lipinski definition) is 4. The lowest BCUT2D eigenvalue weighted by Crippen LogP contribution is -2.32. The quantitative estimate of drug-likeness (QED) is 0.806. The maximum absolute atomic E-state index is 12.4. The SMILES string of the molecule is CCC(NC)c1cccc(S(=O)(=O)NCC2CCCO2)c1. The summed E-state index contributed by atoms with van der Waals surface area (Å²) in [6.07, 6.45) is 2.83. The lowest BCUT2D eigenvalue weighted by molar-refractivity contribution is 0.114. The van der Waals surface area contributed by atoms with E-state index in [9.17, 15) is 8.42 Å². The van der Waals surface area contributed by atoms with Crippen LogP contribution in [-0.2, 0) is 14.8 Å². The molecule has 0 radical (unpaired) electrons. The van der Waals surface area contributed by atoms with Gasteiger partial charge in [-0.25, -0.2) is 13.1 Å². The molecule has 0 spiro atoms. The maximum atomic E-state index is 12.4. The van der Waals surface area contributed by atoms with Crippen molar-refractivity contribution in [2.45, 2.75) is 43.2 Å². The second-order valence-corrected chi connectivity index (χ2v) is 7.08. The fraction of sp³-hybridized carbons (Fsp3) is 0.600. The molecule has 0 aliphatic carbocycles. The molecule has 0 saturated carbocycles. The highest BCUT2D eigenvalue weighted by atomic mass is 32.2. The van der Waals surface area contributed by atoms with Gasteiger partial charge in [-0.2, -0.15) is 0 Å². The summed E-state index contributed by atoms with van der Waals surface area (Å²) in [5.74, 6) is 0. The van der Waals surface area contributed by atoms with E-state index in [1.165, 1.54) is 0 Å². The van der Waals surface area contributed by atoms with Crippen LogP contribution in [-0.4, -0.2) is 34.7 Å². The first-order chi connectivity index (χ1) is 10.1. The molecule has 0 amide bonds. The van der Waals surface area contributed by atoms with Gasteiger partial charge in [-0.3, -0.25) is 0 Å². The summed E-state index contributed by atoms with van der Waals surface area (Å²) < 4.78 is 32.8. The number of benzene rings is 1. The Balaban J connectivity index is 2.09. The Kier molecular flexibility index (Phi) is 5.75.